The van der Waals surface area contributed by atoms with Crippen LogP contribution in [0.1, 0.15) is 12.5 Å². The number of hydrogen-bond donors (Lipinski definition) is 0. The summed E-state index contributed by atoms with van der Waals surface area (Å²) in [7, 11) is 0. The van der Waals surface area contributed by atoms with Crippen molar-refractivity contribution in [1.29, 1.82) is 0 Å². The number of hydrazone groups is 1. The summed E-state index contributed by atoms with van der Waals surface area (Å²) >= 11 is -0.329. The molecule has 0 saturated heterocycles. The van der Waals surface area contributed by atoms with Crippen molar-refractivity contribution in [2.24, 2.45) is 5.10 Å². The molecule has 0 aliphatic carbocycles. The van der Waals surface area contributed by atoms with Crippen molar-refractivity contribution < 1.29 is 14.5 Å². The van der Waals surface area contributed by atoms with Crippen molar-refractivity contribution in [2.45, 2.75) is 6.92 Å². The molecule has 0 radical (unpaired) electrons. The van der Waals surface area contributed by atoms with E-state index in [1.54, 1.807) is 24.1 Å². The Kier molecular flexibility index (Phi) is 5.46. The zero-order chi connectivity index (χ0) is 18.5. The Hall–Kier alpha value is -2.96. The average Bonchev–Trinajstić information content (AvgIpc) is 3.07. The Morgan fingerprint density at radius 1 is 1.23 bits per heavy atom. The fourth-order valence-corrected chi connectivity index (χ4v) is 4.13. The van der Waals surface area contributed by atoms with Gasteiger partial charge in [0.05, 0.1) is 0 Å². The van der Waals surface area contributed by atoms with E-state index in [1.807, 2.05) is 36.4 Å². The normalized spacial score (nSPS) is 15.0. The van der Waals surface area contributed by atoms with Gasteiger partial charge in [-0.15, -0.1) is 0 Å². The summed E-state index contributed by atoms with van der Waals surface area (Å²) in [4.78, 5) is 22.4. The van der Waals surface area contributed by atoms with E-state index in [1.165, 1.54) is 12.1 Å². The van der Waals surface area contributed by atoms with Gasteiger partial charge in [-0.05, 0) is 0 Å². The first-order chi connectivity index (χ1) is 12.6. The molecule has 132 valence electrons. The zero-order valence-electron chi connectivity index (χ0n) is 13.9. The number of non-ortho nitro benzene ring substituents is 1. The number of nitro groups is 1. The van der Waals surface area contributed by atoms with Gasteiger partial charge in [0.1, 0.15) is 0 Å². The van der Waals surface area contributed by atoms with E-state index in [-0.39, 0.29) is 20.6 Å². The maximum absolute atomic E-state index is 12.1. The first-order valence-corrected chi connectivity index (χ1v) is 9.54. The van der Waals surface area contributed by atoms with E-state index in [2.05, 4.69) is 5.10 Å². The third kappa shape index (κ3) is 3.99. The quantitative estimate of drug-likeness (QED) is 0.324. The number of esters is 1. The molecule has 0 spiro atoms. The fourth-order valence-electron chi connectivity index (χ4n) is 2.26. The van der Waals surface area contributed by atoms with Crippen molar-refractivity contribution in [1.82, 2.24) is 0 Å². The zero-order valence-corrected chi connectivity index (χ0v) is 15.6. The van der Waals surface area contributed by atoms with Crippen molar-refractivity contribution in [3.63, 3.8) is 0 Å². The van der Waals surface area contributed by atoms with Crippen molar-refractivity contribution in [2.75, 3.05) is 11.6 Å². The van der Waals surface area contributed by atoms with Crippen LogP contribution in [0.15, 0.2) is 64.3 Å². The van der Waals surface area contributed by atoms with Crippen molar-refractivity contribution >= 4 is 43.0 Å². The molecule has 0 atom stereocenters. The van der Waals surface area contributed by atoms with Crippen LogP contribution in [-0.2, 0) is 9.53 Å². The molecule has 1 aliphatic rings. The SMILES string of the molecule is CCOC(=O)C1=NN(c2ccccc2)/C(=C/c2ccc([N+](=O)[O-])cc2)[Se]1. The molecule has 0 aromatic heterocycles. The molecule has 0 bridgehead atoms. The minimum absolute atomic E-state index is 0.0347. The standard InChI is InChI=1S/C18H15N3O4Se/c1-2-25-18(22)17-19-20(14-6-4-3-5-7-14)16(26-17)12-13-8-10-15(11-9-13)21(23)24/h3-12H,2H2,1H3/b16-12-. The van der Waals surface area contributed by atoms with Gasteiger partial charge in [0, 0.05) is 0 Å². The molecule has 2 aromatic carbocycles. The van der Waals surface area contributed by atoms with Crippen molar-refractivity contribution in [3.05, 3.63) is 74.9 Å². The van der Waals surface area contributed by atoms with Gasteiger partial charge in [0.25, 0.3) is 0 Å². The van der Waals surface area contributed by atoms with E-state index < -0.39 is 10.9 Å². The van der Waals surface area contributed by atoms with Crippen molar-refractivity contribution in [3.8, 4) is 0 Å². The van der Waals surface area contributed by atoms with E-state index >= 15 is 0 Å². The maximum atomic E-state index is 12.1. The number of rotatable bonds is 5. The predicted octanol–water partition coefficient (Wildman–Crippen LogP) is 2.99. The predicted molar refractivity (Wildman–Crippen MR) is 99.8 cm³/mol. The Bertz CT molecular complexity index is 879. The average molecular weight is 416 g/mol. The molecule has 26 heavy (non-hydrogen) atoms. The molecule has 0 N–H and O–H groups in total. The molecule has 0 fully saturated rings. The molecule has 1 heterocycles. The second kappa shape index (κ2) is 7.95. The van der Waals surface area contributed by atoms with E-state index in [0.29, 0.717) is 11.2 Å². The second-order valence-electron chi connectivity index (χ2n) is 5.21. The number of para-hydroxylation sites is 1. The Morgan fingerprint density at radius 3 is 2.54 bits per heavy atom. The van der Waals surface area contributed by atoms with E-state index in [4.69, 9.17) is 4.74 Å². The number of nitro benzene ring substituents is 1. The van der Waals surface area contributed by atoms with Gasteiger partial charge in [-0.25, -0.2) is 0 Å². The molecule has 2 aromatic rings. The summed E-state index contributed by atoms with van der Waals surface area (Å²) in [6.45, 7) is 2.05. The van der Waals surface area contributed by atoms with Crippen LogP contribution in [-0.4, -0.2) is 37.1 Å². The molecule has 1 aliphatic heterocycles. The molecule has 0 amide bonds. The molecular formula is C18H15N3O4Se. The molecule has 0 saturated carbocycles. The number of ether oxygens (including phenoxy) is 1. The molecular weight excluding hydrogens is 401 g/mol. The Labute approximate surface area is 156 Å². The monoisotopic (exact) mass is 417 g/mol. The topological polar surface area (TPSA) is 85.0 Å². The van der Waals surface area contributed by atoms with Crippen LogP contribution in [0.2, 0.25) is 0 Å². The number of hydrogen-bond acceptors (Lipinski definition) is 6. The van der Waals surface area contributed by atoms with Gasteiger partial charge in [-0.2, -0.15) is 0 Å². The number of carbonyl (C=O) groups excluding carboxylic acids is 1. The van der Waals surface area contributed by atoms with Crippen LogP contribution in [0.5, 0.6) is 0 Å². The number of benzene rings is 2. The fraction of sp³-hybridized carbons (Fsp3) is 0.111. The Balaban J connectivity index is 1.93. The van der Waals surface area contributed by atoms with Crippen LogP contribution in [0.4, 0.5) is 11.4 Å². The van der Waals surface area contributed by atoms with Gasteiger partial charge < -0.3 is 0 Å². The Morgan fingerprint density at radius 2 is 1.92 bits per heavy atom. The summed E-state index contributed by atoms with van der Waals surface area (Å²) in [5, 5.41) is 16.9. The second-order valence-corrected chi connectivity index (χ2v) is 7.32. The molecule has 3 rings (SSSR count). The van der Waals surface area contributed by atoms with Crippen LogP contribution in [0, 0.1) is 10.1 Å². The molecule has 7 nitrogen and oxygen atoms in total. The molecule has 0 unspecified atom stereocenters. The first-order valence-electron chi connectivity index (χ1n) is 7.83. The van der Waals surface area contributed by atoms with Gasteiger partial charge in [-0.1, -0.05) is 0 Å². The van der Waals surface area contributed by atoms with Gasteiger partial charge >= 0.3 is 156 Å². The van der Waals surface area contributed by atoms with Gasteiger partial charge in [0.2, 0.25) is 0 Å². The first kappa shape index (κ1) is 17.8. The van der Waals surface area contributed by atoms with Crippen LogP contribution < -0.4 is 5.01 Å². The number of anilines is 1. The van der Waals surface area contributed by atoms with E-state index in [0.717, 1.165) is 15.8 Å². The van der Waals surface area contributed by atoms with Crippen LogP contribution in [0.3, 0.4) is 0 Å². The molecule has 8 heteroatoms. The number of carbonyl (C=O) groups is 1. The van der Waals surface area contributed by atoms with Crippen LogP contribution in [0.25, 0.3) is 6.08 Å². The van der Waals surface area contributed by atoms with Gasteiger partial charge in [-0.3, -0.25) is 0 Å². The minimum atomic E-state index is -0.436. The summed E-state index contributed by atoms with van der Waals surface area (Å²) in [6.07, 6.45) is 1.88. The van der Waals surface area contributed by atoms with Gasteiger partial charge in [0.15, 0.2) is 0 Å². The summed E-state index contributed by atoms with van der Waals surface area (Å²) in [5.41, 5.74) is 1.67. The van der Waals surface area contributed by atoms with Crippen LogP contribution >= 0.6 is 0 Å². The summed E-state index contributed by atoms with van der Waals surface area (Å²) in [6, 6.07) is 15.7. The van der Waals surface area contributed by atoms with E-state index in [9.17, 15) is 14.9 Å². The third-order valence-corrected chi connectivity index (χ3v) is 5.42. The summed E-state index contributed by atoms with van der Waals surface area (Å²) < 4.78 is 6.30. The number of nitrogens with zero attached hydrogens (tertiary/aromatic N) is 3. The summed E-state index contributed by atoms with van der Waals surface area (Å²) in [5.74, 6) is -0.416. The third-order valence-electron chi connectivity index (χ3n) is 3.45.